The Morgan fingerprint density at radius 1 is 1.14 bits per heavy atom. The number of thioether (sulfide) groups is 1. The zero-order chi connectivity index (χ0) is 24.7. The number of ether oxygens (including phenoxy) is 1. The number of aryl methyl sites for hydroxylation is 1. The van der Waals surface area contributed by atoms with Crippen LogP contribution in [0.25, 0.3) is 22.0 Å². The van der Waals surface area contributed by atoms with E-state index in [4.69, 9.17) is 4.74 Å². The van der Waals surface area contributed by atoms with Crippen LogP contribution in [-0.4, -0.2) is 45.3 Å². The second-order valence-electron chi connectivity index (χ2n) is 8.60. The van der Waals surface area contributed by atoms with E-state index in [0.717, 1.165) is 38.4 Å². The molecule has 8 heteroatoms. The summed E-state index contributed by atoms with van der Waals surface area (Å²) in [6.07, 6.45) is 4.24. The lowest BCUT2D eigenvalue weighted by Crippen LogP contribution is -2.39. The minimum absolute atomic E-state index is 0.0434. The molecule has 0 radical (unpaired) electrons. The molecular weight excluding hydrogens is 460 g/mol. The molecular formula is C27H26N4O3S. The molecule has 7 nitrogen and oxygen atoms in total. The van der Waals surface area contributed by atoms with Crippen LogP contribution in [0.5, 0.6) is 5.75 Å². The maximum atomic E-state index is 13.4. The molecule has 0 fully saturated rings. The van der Waals surface area contributed by atoms with E-state index in [1.54, 1.807) is 23.9 Å². The summed E-state index contributed by atoms with van der Waals surface area (Å²) in [6, 6.07) is 13.2. The first kappa shape index (κ1) is 23.1. The van der Waals surface area contributed by atoms with Crippen LogP contribution in [0.4, 0.5) is 0 Å². The van der Waals surface area contributed by atoms with E-state index in [1.165, 1.54) is 11.8 Å². The first-order valence-corrected chi connectivity index (χ1v) is 12.6. The highest BCUT2D eigenvalue weighted by Crippen LogP contribution is 2.34. The van der Waals surface area contributed by atoms with Crippen molar-refractivity contribution in [3.8, 4) is 16.9 Å². The minimum Gasteiger partial charge on any atom is -0.494 e. The van der Waals surface area contributed by atoms with E-state index < -0.39 is 0 Å². The van der Waals surface area contributed by atoms with Crippen LogP contribution in [0.1, 0.15) is 27.3 Å². The highest BCUT2D eigenvalue weighted by molar-refractivity contribution is 7.98. The van der Waals surface area contributed by atoms with Gasteiger partial charge in [0.05, 0.1) is 12.7 Å². The SMILES string of the molecule is COc1ccc(-c2cc3c(n(C)c2=O)CCN(C(=O)c2cccnc2SC)C3)c2ccc(C)nc12. The van der Waals surface area contributed by atoms with E-state index in [0.29, 0.717) is 36.4 Å². The van der Waals surface area contributed by atoms with Crippen LogP contribution < -0.4 is 10.3 Å². The van der Waals surface area contributed by atoms with Crippen molar-refractivity contribution < 1.29 is 9.53 Å². The maximum Gasteiger partial charge on any atom is 0.258 e. The molecule has 1 aliphatic rings. The molecule has 35 heavy (non-hydrogen) atoms. The number of hydrogen-bond donors (Lipinski definition) is 0. The number of nitrogens with zero attached hydrogens (tertiary/aromatic N) is 4. The lowest BCUT2D eigenvalue weighted by Gasteiger charge is -2.31. The van der Waals surface area contributed by atoms with Gasteiger partial charge in [-0.15, -0.1) is 11.8 Å². The molecule has 0 bridgehead atoms. The number of carbonyl (C=O) groups excluding carboxylic acids is 1. The third kappa shape index (κ3) is 3.97. The number of rotatable bonds is 4. The molecule has 0 N–H and O–H groups in total. The Bertz CT molecular complexity index is 1530. The molecule has 178 valence electrons. The summed E-state index contributed by atoms with van der Waals surface area (Å²) >= 11 is 1.46. The van der Waals surface area contributed by atoms with Gasteiger partial charge in [0.15, 0.2) is 0 Å². The van der Waals surface area contributed by atoms with Crippen LogP contribution in [0.3, 0.4) is 0 Å². The van der Waals surface area contributed by atoms with Gasteiger partial charge >= 0.3 is 0 Å². The van der Waals surface area contributed by atoms with Gasteiger partial charge < -0.3 is 14.2 Å². The van der Waals surface area contributed by atoms with Gasteiger partial charge in [-0.3, -0.25) is 9.59 Å². The van der Waals surface area contributed by atoms with Crippen LogP contribution in [0, 0.1) is 6.92 Å². The topological polar surface area (TPSA) is 77.3 Å². The zero-order valence-corrected chi connectivity index (χ0v) is 21.0. The zero-order valence-electron chi connectivity index (χ0n) is 20.2. The normalized spacial score (nSPS) is 13.1. The lowest BCUT2D eigenvalue weighted by atomic mass is 9.96. The Kier molecular flexibility index (Phi) is 6.06. The van der Waals surface area contributed by atoms with Gasteiger partial charge in [0.1, 0.15) is 16.3 Å². The summed E-state index contributed by atoms with van der Waals surface area (Å²) in [5.41, 5.74) is 5.47. The summed E-state index contributed by atoms with van der Waals surface area (Å²) in [5, 5.41) is 1.58. The third-order valence-electron chi connectivity index (χ3n) is 6.56. The van der Waals surface area contributed by atoms with Gasteiger partial charge in [-0.25, -0.2) is 9.97 Å². The Balaban J connectivity index is 1.60. The fraction of sp³-hybridized carbons (Fsp3) is 0.259. The standard InChI is InChI=1S/C27H26N4O3S/c1-16-7-8-19-18(9-10-23(34-3)24(19)29-16)21-14-17-15-31(13-11-22(17)30(2)26(21)32)27(33)20-6-5-12-28-25(20)35-4/h5-10,12,14H,11,13,15H2,1-4H3. The van der Waals surface area contributed by atoms with Crippen molar-refractivity contribution in [2.24, 2.45) is 7.05 Å². The first-order valence-electron chi connectivity index (χ1n) is 11.4. The van der Waals surface area contributed by atoms with Crippen molar-refractivity contribution in [1.29, 1.82) is 0 Å². The van der Waals surface area contributed by atoms with Crippen molar-refractivity contribution >= 4 is 28.6 Å². The molecule has 4 aromatic rings. The van der Waals surface area contributed by atoms with Gasteiger partial charge in [0.25, 0.3) is 11.5 Å². The number of carbonyl (C=O) groups is 1. The number of fused-ring (bicyclic) bond motifs is 2. The number of pyridine rings is 3. The summed E-state index contributed by atoms with van der Waals surface area (Å²) in [4.78, 5) is 37.6. The molecule has 3 aromatic heterocycles. The highest BCUT2D eigenvalue weighted by atomic mass is 32.2. The van der Waals surface area contributed by atoms with E-state index >= 15 is 0 Å². The monoisotopic (exact) mass is 486 g/mol. The fourth-order valence-electron chi connectivity index (χ4n) is 4.77. The average molecular weight is 487 g/mol. The molecule has 5 rings (SSSR count). The van der Waals surface area contributed by atoms with E-state index in [-0.39, 0.29) is 11.5 Å². The molecule has 0 saturated carbocycles. The molecule has 0 unspecified atom stereocenters. The lowest BCUT2D eigenvalue weighted by molar-refractivity contribution is 0.0728. The number of benzene rings is 1. The Morgan fingerprint density at radius 2 is 1.97 bits per heavy atom. The van der Waals surface area contributed by atoms with Crippen molar-refractivity contribution in [2.75, 3.05) is 19.9 Å². The Hall–Kier alpha value is -3.65. The van der Waals surface area contributed by atoms with Crippen LogP contribution in [-0.2, 0) is 20.0 Å². The van der Waals surface area contributed by atoms with E-state index in [1.807, 2.05) is 61.5 Å². The molecule has 1 amide bonds. The molecule has 0 aliphatic carbocycles. The van der Waals surface area contributed by atoms with Gasteiger partial charge in [-0.1, -0.05) is 6.07 Å². The fourth-order valence-corrected chi connectivity index (χ4v) is 5.31. The van der Waals surface area contributed by atoms with Crippen molar-refractivity contribution in [2.45, 2.75) is 24.9 Å². The van der Waals surface area contributed by atoms with Crippen LogP contribution in [0.2, 0.25) is 0 Å². The third-order valence-corrected chi connectivity index (χ3v) is 7.27. The predicted octanol–water partition coefficient (Wildman–Crippen LogP) is 4.23. The number of aromatic nitrogens is 3. The predicted molar refractivity (Wildman–Crippen MR) is 138 cm³/mol. The van der Waals surface area contributed by atoms with Gasteiger partial charge in [-0.2, -0.15) is 0 Å². The quantitative estimate of drug-likeness (QED) is 0.402. The van der Waals surface area contributed by atoms with Crippen molar-refractivity contribution in [3.63, 3.8) is 0 Å². The summed E-state index contributed by atoms with van der Waals surface area (Å²) in [5.74, 6) is 0.623. The second-order valence-corrected chi connectivity index (χ2v) is 9.39. The largest absolute Gasteiger partial charge is 0.494 e. The molecule has 1 aromatic carbocycles. The molecule has 0 spiro atoms. The molecule has 4 heterocycles. The summed E-state index contributed by atoms with van der Waals surface area (Å²) < 4.78 is 7.25. The van der Waals surface area contributed by atoms with E-state index in [9.17, 15) is 9.59 Å². The molecule has 0 atom stereocenters. The van der Waals surface area contributed by atoms with Crippen LogP contribution in [0.15, 0.2) is 58.5 Å². The van der Waals surface area contributed by atoms with E-state index in [2.05, 4.69) is 9.97 Å². The summed E-state index contributed by atoms with van der Waals surface area (Å²) in [6.45, 7) is 2.92. The van der Waals surface area contributed by atoms with Crippen LogP contribution >= 0.6 is 11.8 Å². The van der Waals surface area contributed by atoms with Gasteiger partial charge in [0, 0.05) is 55.1 Å². The molecule has 0 saturated heterocycles. The smallest absolute Gasteiger partial charge is 0.258 e. The first-order chi connectivity index (χ1) is 16.9. The minimum atomic E-state index is -0.0625. The molecule has 1 aliphatic heterocycles. The number of hydrogen-bond acceptors (Lipinski definition) is 6. The van der Waals surface area contributed by atoms with Crippen molar-refractivity contribution in [3.05, 3.63) is 81.5 Å². The summed E-state index contributed by atoms with van der Waals surface area (Å²) in [7, 11) is 3.43. The Labute approximate surface area is 207 Å². The van der Waals surface area contributed by atoms with Crippen molar-refractivity contribution in [1.82, 2.24) is 19.4 Å². The Morgan fingerprint density at radius 3 is 2.74 bits per heavy atom. The maximum absolute atomic E-state index is 13.4. The van der Waals surface area contributed by atoms with Gasteiger partial charge in [0.2, 0.25) is 0 Å². The number of amides is 1. The average Bonchev–Trinajstić information content (AvgIpc) is 2.89. The van der Waals surface area contributed by atoms with Gasteiger partial charge in [-0.05, 0) is 60.7 Å². The highest BCUT2D eigenvalue weighted by Gasteiger charge is 2.27. The second kappa shape index (κ2) is 9.19. The number of methoxy groups -OCH3 is 1.